The maximum atomic E-state index is 12.6. The molecular formula is C21H22N4O3. The molecule has 3 heterocycles. The van der Waals surface area contributed by atoms with Gasteiger partial charge in [-0.05, 0) is 36.4 Å². The van der Waals surface area contributed by atoms with Crippen LogP contribution in [0.3, 0.4) is 0 Å². The molecule has 0 radical (unpaired) electrons. The number of phenols is 1. The molecule has 1 aromatic carbocycles. The number of fused-ring (bicyclic) bond motifs is 1. The highest BCUT2D eigenvalue weighted by Crippen LogP contribution is 2.23. The average molecular weight is 378 g/mol. The lowest BCUT2D eigenvalue weighted by atomic mass is 10.2. The van der Waals surface area contributed by atoms with E-state index < -0.39 is 0 Å². The lowest BCUT2D eigenvalue weighted by Crippen LogP contribution is -2.48. The van der Waals surface area contributed by atoms with Crippen LogP contribution in [0.5, 0.6) is 5.75 Å². The molecule has 7 nitrogen and oxygen atoms in total. The van der Waals surface area contributed by atoms with Crippen LogP contribution in [0.2, 0.25) is 0 Å². The third kappa shape index (κ3) is 3.51. The number of carbonyl (C=O) groups is 2. The molecule has 0 aliphatic carbocycles. The molecule has 4 rings (SSSR count). The Morgan fingerprint density at radius 2 is 1.75 bits per heavy atom. The highest BCUT2D eigenvalue weighted by Gasteiger charge is 2.21. The zero-order valence-corrected chi connectivity index (χ0v) is 15.6. The van der Waals surface area contributed by atoms with Crippen LogP contribution in [0.1, 0.15) is 17.3 Å². The van der Waals surface area contributed by atoms with E-state index in [4.69, 9.17) is 0 Å². The van der Waals surface area contributed by atoms with Crippen LogP contribution < -0.4 is 10.2 Å². The Kier molecular flexibility index (Phi) is 4.65. The zero-order chi connectivity index (χ0) is 19.7. The van der Waals surface area contributed by atoms with Gasteiger partial charge in [0.25, 0.3) is 5.91 Å². The van der Waals surface area contributed by atoms with E-state index >= 15 is 0 Å². The predicted molar refractivity (Wildman–Crippen MR) is 108 cm³/mol. The molecule has 1 aliphatic rings. The van der Waals surface area contributed by atoms with Gasteiger partial charge < -0.3 is 24.6 Å². The third-order valence-electron chi connectivity index (χ3n) is 5.05. The second-order valence-electron chi connectivity index (χ2n) is 6.90. The maximum Gasteiger partial charge on any atom is 0.257 e. The van der Waals surface area contributed by atoms with Crippen LogP contribution in [0.25, 0.3) is 5.52 Å². The van der Waals surface area contributed by atoms with Gasteiger partial charge in [-0.1, -0.05) is 6.07 Å². The van der Waals surface area contributed by atoms with Gasteiger partial charge in [-0.15, -0.1) is 0 Å². The fourth-order valence-electron chi connectivity index (χ4n) is 3.52. The Morgan fingerprint density at radius 3 is 2.46 bits per heavy atom. The van der Waals surface area contributed by atoms with E-state index in [0.29, 0.717) is 24.3 Å². The number of carbonyl (C=O) groups excluding carboxylic acids is 2. The van der Waals surface area contributed by atoms with Crippen molar-refractivity contribution in [2.45, 2.75) is 6.92 Å². The Labute approximate surface area is 162 Å². The Hall–Kier alpha value is -3.48. The van der Waals surface area contributed by atoms with Crippen LogP contribution >= 0.6 is 0 Å². The average Bonchev–Trinajstić information content (AvgIpc) is 3.11. The summed E-state index contributed by atoms with van der Waals surface area (Å²) < 4.78 is 2.00. The number of hydrogen-bond donors (Lipinski definition) is 2. The van der Waals surface area contributed by atoms with E-state index in [1.54, 1.807) is 31.2 Å². The predicted octanol–water partition coefficient (Wildman–Crippen LogP) is 2.57. The number of nitrogens with zero attached hydrogens (tertiary/aromatic N) is 3. The SMILES string of the molecule is CC(=O)N1CCN(c2ccc3ccc(C(=O)Nc4cccc(O)c4)cn23)CC1. The van der Waals surface area contributed by atoms with Crippen LogP contribution in [0, 0.1) is 0 Å². The molecule has 2 N–H and O–H groups in total. The largest absolute Gasteiger partial charge is 0.508 e. The first-order valence-electron chi connectivity index (χ1n) is 9.23. The number of rotatable bonds is 3. The summed E-state index contributed by atoms with van der Waals surface area (Å²) in [5, 5.41) is 12.4. The first kappa shape index (κ1) is 17.9. The van der Waals surface area contributed by atoms with Gasteiger partial charge in [-0.25, -0.2) is 0 Å². The Balaban J connectivity index is 1.56. The standard InChI is InChI=1S/C21H22N4O3/c1-15(26)23-9-11-24(12-10-23)20-8-7-18-6-5-16(14-25(18)20)21(28)22-17-3-2-4-19(27)13-17/h2-8,13-14,27H,9-12H2,1H3,(H,22,28). The van der Waals surface area contributed by atoms with Crippen molar-refractivity contribution in [1.29, 1.82) is 0 Å². The van der Waals surface area contributed by atoms with Gasteiger partial charge in [-0.3, -0.25) is 9.59 Å². The van der Waals surface area contributed by atoms with Crippen molar-refractivity contribution in [3.05, 3.63) is 60.3 Å². The highest BCUT2D eigenvalue weighted by molar-refractivity contribution is 6.04. The quantitative estimate of drug-likeness (QED) is 0.734. The van der Waals surface area contributed by atoms with Crippen molar-refractivity contribution >= 4 is 28.8 Å². The van der Waals surface area contributed by atoms with E-state index in [2.05, 4.69) is 10.2 Å². The molecule has 0 unspecified atom stereocenters. The number of hydrogen-bond acceptors (Lipinski definition) is 4. The number of anilines is 2. The number of piperazine rings is 1. The van der Waals surface area contributed by atoms with Crippen molar-refractivity contribution in [1.82, 2.24) is 9.30 Å². The minimum atomic E-state index is -0.242. The van der Waals surface area contributed by atoms with Crippen LogP contribution in [0.4, 0.5) is 11.5 Å². The number of amides is 2. The lowest BCUT2D eigenvalue weighted by molar-refractivity contribution is -0.129. The summed E-state index contributed by atoms with van der Waals surface area (Å²) in [4.78, 5) is 28.2. The van der Waals surface area contributed by atoms with E-state index in [1.807, 2.05) is 33.7 Å². The van der Waals surface area contributed by atoms with Gasteiger partial charge in [0.05, 0.1) is 5.56 Å². The van der Waals surface area contributed by atoms with Crippen LogP contribution in [-0.2, 0) is 4.79 Å². The molecule has 2 aromatic heterocycles. The van der Waals surface area contributed by atoms with E-state index in [9.17, 15) is 14.7 Å². The number of aromatic nitrogens is 1. The highest BCUT2D eigenvalue weighted by atomic mass is 16.3. The molecule has 1 fully saturated rings. The van der Waals surface area contributed by atoms with Gasteiger partial charge in [0.1, 0.15) is 11.6 Å². The summed E-state index contributed by atoms with van der Waals surface area (Å²) in [5.41, 5.74) is 2.06. The van der Waals surface area contributed by atoms with Gasteiger partial charge in [0.2, 0.25) is 5.91 Å². The number of nitrogens with one attached hydrogen (secondary N) is 1. The van der Waals surface area contributed by atoms with Crippen molar-refractivity contribution in [2.24, 2.45) is 0 Å². The summed E-state index contributed by atoms with van der Waals surface area (Å²) in [6.07, 6.45) is 1.82. The van der Waals surface area contributed by atoms with Gasteiger partial charge in [-0.2, -0.15) is 0 Å². The van der Waals surface area contributed by atoms with Crippen LogP contribution in [0.15, 0.2) is 54.7 Å². The number of aromatic hydroxyl groups is 1. The number of pyridine rings is 1. The van der Waals surface area contributed by atoms with Crippen molar-refractivity contribution in [3.8, 4) is 5.75 Å². The van der Waals surface area contributed by atoms with Crippen LogP contribution in [-0.4, -0.2) is 52.4 Å². The summed E-state index contributed by atoms with van der Waals surface area (Å²) in [5.74, 6) is 0.968. The molecule has 3 aromatic rings. The molecule has 7 heteroatoms. The molecule has 0 bridgehead atoms. The fraction of sp³-hybridized carbons (Fsp3) is 0.238. The summed E-state index contributed by atoms with van der Waals surface area (Å²) in [6, 6.07) is 14.2. The summed E-state index contributed by atoms with van der Waals surface area (Å²) in [6.45, 7) is 4.50. The van der Waals surface area contributed by atoms with Gasteiger partial charge >= 0.3 is 0 Å². The number of phenolic OH excluding ortho intramolecular Hbond substituents is 1. The molecule has 144 valence electrons. The van der Waals surface area contributed by atoms with E-state index in [1.165, 1.54) is 6.07 Å². The molecule has 0 atom stereocenters. The van der Waals surface area contributed by atoms with Crippen molar-refractivity contribution < 1.29 is 14.7 Å². The maximum absolute atomic E-state index is 12.6. The minimum absolute atomic E-state index is 0.102. The van der Waals surface area contributed by atoms with Gasteiger partial charge in [0.15, 0.2) is 0 Å². The fourth-order valence-corrected chi connectivity index (χ4v) is 3.52. The second kappa shape index (κ2) is 7.26. The first-order chi connectivity index (χ1) is 13.5. The molecule has 0 spiro atoms. The molecule has 1 saturated heterocycles. The molecular weight excluding hydrogens is 356 g/mol. The minimum Gasteiger partial charge on any atom is -0.508 e. The van der Waals surface area contributed by atoms with E-state index in [0.717, 1.165) is 24.4 Å². The summed E-state index contributed by atoms with van der Waals surface area (Å²) >= 11 is 0. The first-order valence-corrected chi connectivity index (χ1v) is 9.23. The Morgan fingerprint density at radius 1 is 1.00 bits per heavy atom. The normalized spacial score (nSPS) is 14.3. The smallest absolute Gasteiger partial charge is 0.257 e. The summed E-state index contributed by atoms with van der Waals surface area (Å²) in [7, 11) is 0. The topological polar surface area (TPSA) is 77.3 Å². The molecule has 2 amide bonds. The van der Waals surface area contributed by atoms with Crippen molar-refractivity contribution in [3.63, 3.8) is 0 Å². The van der Waals surface area contributed by atoms with Crippen molar-refractivity contribution in [2.75, 3.05) is 36.4 Å². The van der Waals surface area contributed by atoms with E-state index in [-0.39, 0.29) is 17.6 Å². The second-order valence-corrected chi connectivity index (χ2v) is 6.90. The lowest BCUT2D eigenvalue weighted by Gasteiger charge is -2.35. The third-order valence-corrected chi connectivity index (χ3v) is 5.05. The Bertz CT molecular complexity index is 1040. The number of benzene rings is 1. The van der Waals surface area contributed by atoms with Gasteiger partial charge in [0, 0.05) is 56.6 Å². The monoisotopic (exact) mass is 378 g/mol. The molecule has 1 aliphatic heterocycles. The molecule has 0 saturated carbocycles. The zero-order valence-electron chi connectivity index (χ0n) is 15.6. The molecule has 28 heavy (non-hydrogen) atoms.